The number of urea groups is 1. The standard InChI is InChI=1S/C27H26F3N5O3S/c1-16-3-4-18(24(37)33-23-14-19(11-12-31-23)27(28,29)30)13-17(16)5-10-22-15-32-25(39-22)34-26(38)35(2)20-6-8-21(36)9-7-20/h3-4,11-15,20-21,36H,6-9H2,1-2H3,(H,31,33,37)(H,32,34,38). The lowest BCUT2D eigenvalue weighted by Gasteiger charge is -2.32. The van der Waals surface area contributed by atoms with E-state index in [0.29, 0.717) is 28.4 Å². The predicted molar refractivity (Wildman–Crippen MR) is 142 cm³/mol. The van der Waals surface area contributed by atoms with Crippen molar-refractivity contribution in [3.05, 3.63) is 69.9 Å². The molecule has 0 unspecified atom stereocenters. The second-order valence-corrected chi connectivity index (χ2v) is 10.2. The zero-order valence-corrected chi connectivity index (χ0v) is 22.0. The van der Waals surface area contributed by atoms with Gasteiger partial charge in [-0.1, -0.05) is 23.3 Å². The Hall–Kier alpha value is -3.95. The van der Waals surface area contributed by atoms with Gasteiger partial charge >= 0.3 is 12.2 Å². The van der Waals surface area contributed by atoms with Crippen LogP contribution in [0.4, 0.5) is 28.9 Å². The maximum Gasteiger partial charge on any atom is 0.416 e. The fourth-order valence-corrected chi connectivity index (χ4v) is 4.73. The summed E-state index contributed by atoms with van der Waals surface area (Å²) >= 11 is 1.20. The van der Waals surface area contributed by atoms with Gasteiger partial charge in [-0.3, -0.25) is 10.1 Å². The number of thiazole rings is 1. The van der Waals surface area contributed by atoms with Gasteiger partial charge < -0.3 is 15.3 Å². The summed E-state index contributed by atoms with van der Waals surface area (Å²) in [5.74, 6) is 5.13. The van der Waals surface area contributed by atoms with Gasteiger partial charge in [-0.2, -0.15) is 13.2 Å². The molecular weight excluding hydrogens is 531 g/mol. The lowest BCUT2D eigenvalue weighted by molar-refractivity contribution is -0.137. The second kappa shape index (κ2) is 11.8. The molecule has 2 aromatic heterocycles. The van der Waals surface area contributed by atoms with E-state index in [-0.39, 0.29) is 29.6 Å². The topological polar surface area (TPSA) is 107 Å². The fourth-order valence-electron chi connectivity index (χ4n) is 4.07. The van der Waals surface area contributed by atoms with E-state index in [1.165, 1.54) is 17.5 Å². The van der Waals surface area contributed by atoms with E-state index < -0.39 is 17.6 Å². The van der Waals surface area contributed by atoms with Gasteiger partial charge in [0.1, 0.15) is 5.82 Å². The highest BCUT2D eigenvalue weighted by Gasteiger charge is 2.31. The molecule has 2 heterocycles. The van der Waals surface area contributed by atoms with Crippen molar-refractivity contribution in [2.75, 3.05) is 17.7 Å². The average Bonchev–Trinajstić information content (AvgIpc) is 3.35. The molecule has 0 radical (unpaired) electrons. The van der Waals surface area contributed by atoms with Crippen LogP contribution in [0.25, 0.3) is 0 Å². The van der Waals surface area contributed by atoms with Crippen LogP contribution in [-0.2, 0) is 6.18 Å². The number of aryl methyl sites for hydroxylation is 1. The van der Waals surface area contributed by atoms with Gasteiger partial charge in [-0.25, -0.2) is 14.8 Å². The van der Waals surface area contributed by atoms with Crippen molar-refractivity contribution >= 4 is 34.2 Å². The normalized spacial score (nSPS) is 17.1. The number of carbonyl (C=O) groups excluding carboxylic acids is 2. The first-order valence-corrected chi connectivity index (χ1v) is 13.0. The summed E-state index contributed by atoms with van der Waals surface area (Å²) in [5.41, 5.74) is 0.648. The molecule has 1 aromatic carbocycles. The van der Waals surface area contributed by atoms with Gasteiger partial charge in [0.05, 0.1) is 22.7 Å². The third-order valence-corrected chi connectivity index (χ3v) is 7.23. The van der Waals surface area contributed by atoms with Crippen LogP contribution < -0.4 is 10.6 Å². The molecule has 1 aliphatic rings. The molecule has 3 N–H and O–H groups in total. The number of nitrogens with zero attached hydrogens (tertiary/aromatic N) is 3. The van der Waals surface area contributed by atoms with Crippen molar-refractivity contribution in [2.45, 2.75) is 50.9 Å². The summed E-state index contributed by atoms with van der Waals surface area (Å²) in [5, 5.41) is 15.2. The third kappa shape index (κ3) is 7.34. The molecule has 4 rings (SSSR count). The second-order valence-electron chi connectivity index (χ2n) is 9.19. The van der Waals surface area contributed by atoms with Crippen LogP contribution in [0.15, 0.2) is 42.7 Å². The number of pyridine rings is 1. The van der Waals surface area contributed by atoms with Crippen molar-refractivity contribution in [2.24, 2.45) is 0 Å². The number of rotatable bonds is 4. The van der Waals surface area contributed by atoms with E-state index in [1.807, 2.05) is 6.92 Å². The predicted octanol–water partition coefficient (Wildman–Crippen LogP) is 5.28. The van der Waals surface area contributed by atoms with Crippen LogP contribution in [0, 0.1) is 18.8 Å². The molecule has 0 bridgehead atoms. The van der Waals surface area contributed by atoms with Crippen LogP contribution in [0.3, 0.4) is 0 Å². The van der Waals surface area contributed by atoms with E-state index in [9.17, 15) is 27.9 Å². The largest absolute Gasteiger partial charge is 0.416 e. The summed E-state index contributed by atoms with van der Waals surface area (Å²) in [6.45, 7) is 1.82. The summed E-state index contributed by atoms with van der Waals surface area (Å²) in [6, 6.07) is 6.16. The molecule has 0 saturated heterocycles. The van der Waals surface area contributed by atoms with Crippen molar-refractivity contribution in [1.29, 1.82) is 0 Å². The number of aliphatic hydroxyl groups is 1. The minimum atomic E-state index is -4.55. The van der Waals surface area contributed by atoms with Crippen molar-refractivity contribution < 1.29 is 27.9 Å². The molecular formula is C27H26F3N5O3S. The van der Waals surface area contributed by atoms with Crippen LogP contribution in [0.1, 0.15) is 57.6 Å². The molecule has 3 amide bonds. The van der Waals surface area contributed by atoms with Crippen LogP contribution >= 0.6 is 11.3 Å². The minimum Gasteiger partial charge on any atom is -0.393 e. The first kappa shape index (κ1) is 28.1. The highest BCUT2D eigenvalue weighted by Crippen LogP contribution is 2.30. The van der Waals surface area contributed by atoms with E-state index >= 15 is 0 Å². The number of benzene rings is 1. The van der Waals surface area contributed by atoms with Crippen LogP contribution in [0.5, 0.6) is 0 Å². The van der Waals surface area contributed by atoms with Crippen molar-refractivity contribution in [3.63, 3.8) is 0 Å². The maximum absolute atomic E-state index is 12.9. The Kier molecular flexibility index (Phi) is 8.52. The quantitative estimate of drug-likeness (QED) is 0.378. The number of hydrogen-bond acceptors (Lipinski definition) is 6. The summed E-state index contributed by atoms with van der Waals surface area (Å²) in [4.78, 5) is 35.5. The number of amides is 3. The Bertz CT molecular complexity index is 1420. The summed E-state index contributed by atoms with van der Waals surface area (Å²) in [7, 11) is 1.72. The molecule has 39 heavy (non-hydrogen) atoms. The Morgan fingerprint density at radius 3 is 2.54 bits per heavy atom. The van der Waals surface area contributed by atoms with Gasteiger partial charge in [0.2, 0.25) is 0 Å². The number of alkyl halides is 3. The number of carbonyl (C=O) groups is 2. The minimum absolute atomic E-state index is 0.0597. The molecule has 0 atom stereocenters. The molecule has 1 aliphatic carbocycles. The Labute approximate surface area is 227 Å². The number of hydrogen-bond donors (Lipinski definition) is 3. The van der Waals surface area contributed by atoms with E-state index in [1.54, 1.807) is 30.1 Å². The van der Waals surface area contributed by atoms with E-state index in [2.05, 4.69) is 32.4 Å². The third-order valence-electron chi connectivity index (χ3n) is 6.40. The van der Waals surface area contributed by atoms with Gasteiger partial charge in [0.25, 0.3) is 5.91 Å². The zero-order chi connectivity index (χ0) is 28.2. The number of aromatic nitrogens is 2. The Morgan fingerprint density at radius 2 is 1.82 bits per heavy atom. The van der Waals surface area contributed by atoms with Gasteiger partial charge in [-0.05, 0) is 68.4 Å². The molecule has 3 aromatic rings. The number of aliphatic hydroxyl groups excluding tert-OH is 1. The van der Waals surface area contributed by atoms with Crippen molar-refractivity contribution in [3.8, 4) is 11.8 Å². The molecule has 204 valence electrons. The molecule has 12 heteroatoms. The highest BCUT2D eigenvalue weighted by molar-refractivity contribution is 7.16. The van der Waals surface area contributed by atoms with E-state index in [4.69, 9.17) is 0 Å². The highest BCUT2D eigenvalue weighted by atomic mass is 32.1. The smallest absolute Gasteiger partial charge is 0.393 e. The first-order chi connectivity index (χ1) is 18.5. The monoisotopic (exact) mass is 557 g/mol. The molecule has 0 spiro atoms. The molecule has 8 nitrogen and oxygen atoms in total. The number of nitrogens with one attached hydrogen (secondary N) is 2. The summed E-state index contributed by atoms with van der Waals surface area (Å²) < 4.78 is 38.8. The maximum atomic E-state index is 12.9. The van der Waals surface area contributed by atoms with Gasteiger partial charge in [-0.15, -0.1) is 0 Å². The summed E-state index contributed by atoms with van der Waals surface area (Å²) in [6.07, 6.45) is 0.491. The SMILES string of the molecule is Cc1ccc(C(=O)Nc2cc(C(F)(F)F)ccn2)cc1C#Cc1cnc(NC(=O)N(C)C2CCC(O)CC2)s1. The van der Waals surface area contributed by atoms with E-state index in [0.717, 1.165) is 36.7 Å². The lowest BCUT2D eigenvalue weighted by Crippen LogP contribution is -2.42. The fraction of sp³-hybridized carbons (Fsp3) is 0.333. The van der Waals surface area contributed by atoms with Crippen LogP contribution in [0.2, 0.25) is 0 Å². The zero-order valence-electron chi connectivity index (χ0n) is 21.2. The molecule has 1 saturated carbocycles. The van der Waals surface area contributed by atoms with Crippen molar-refractivity contribution in [1.82, 2.24) is 14.9 Å². The first-order valence-electron chi connectivity index (χ1n) is 12.1. The Morgan fingerprint density at radius 1 is 1.08 bits per heavy atom. The number of halogens is 3. The van der Waals surface area contributed by atoms with Gasteiger partial charge in [0, 0.05) is 30.4 Å². The van der Waals surface area contributed by atoms with Crippen LogP contribution in [-0.4, -0.2) is 51.1 Å². The number of anilines is 2. The lowest BCUT2D eigenvalue weighted by atomic mass is 9.92. The molecule has 0 aliphatic heterocycles. The Balaban J connectivity index is 1.41. The molecule has 1 fully saturated rings. The average molecular weight is 558 g/mol. The van der Waals surface area contributed by atoms with Gasteiger partial charge in [0.15, 0.2) is 5.13 Å².